The number of hydrogen-bond donors (Lipinski definition) is 2. The molecule has 0 aromatic heterocycles. The number of halogens is 2. The van der Waals surface area contributed by atoms with Crippen LogP contribution in [0, 0.1) is 5.82 Å². The van der Waals surface area contributed by atoms with Gasteiger partial charge in [0.05, 0.1) is 6.04 Å². The van der Waals surface area contributed by atoms with Crippen LogP contribution in [0.15, 0.2) is 53.0 Å². The highest BCUT2D eigenvalue weighted by molar-refractivity contribution is 9.10. The van der Waals surface area contributed by atoms with E-state index in [-0.39, 0.29) is 11.7 Å². The Morgan fingerprint density at radius 2 is 1.78 bits per heavy atom. The minimum Gasteiger partial charge on any atom is -0.321 e. The number of hydrogen-bond acceptors (Lipinski definition) is 1. The van der Waals surface area contributed by atoms with Crippen LogP contribution in [0.1, 0.15) is 18.4 Å². The lowest BCUT2D eigenvalue weighted by Crippen LogP contribution is -3.13. The molecule has 0 radical (unpaired) electrons. The monoisotopic (exact) mass is 377 g/mol. The first-order valence-corrected chi connectivity index (χ1v) is 8.54. The lowest BCUT2D eigenvalue weighted by molar-refractivity contribution is -0.916. The maximum Gasteiger partial charge on any atom is 0.279 e. The lowest BCUT2D eigenvalue weighted by Gasteiger charge is -2.19. The van der Waals surface area contributed by atoms with Crippen LogP contribution in [-0.2, 0) is 11.3 Å². The van der Waals surface area contributed by atoms with Crippen LogP contribution < -0.4 is 10.2 Å². The van der Waals surface area contributed by atoms with Gasteiger partial charge in [-0.3, -0.25) is 4.79 Å². The van der Waals surface area contributed by atoms with E-state index in [4.69, 9.17) is 0 Å². The number of carbonyl (C=O) groups is 1. The fourth-order valence-electron chi connectivity index (χ4n) is 2.65. The molecule has 3 nitrogen and oxygen atoms in total. The van der Waals surface area contributed by atoms with Crippen molar-refractivity contribution in [3.8, 4) is 0 Å². The third-order valence-electron chi connectivity index (χ3n) is 4.01. The molecule has 0 bridgehead atoms. The van der Waals surface area contributed by atoms with Gasteiger partial charge in [0.1, 0.15) is 12.4 Å². The standard InChI is InChI=1S/C18H18BrFN2O/c19-14-3-7-16(8-4-14)21-18(23)12-22(17-9-10-17)11-13-1-5-15(20)6-2-13/h1-8,17H,9-12H2,(H,21,23)/p+1. The van der Waals surface area contributed by atoms with Crippen molar-refractivity contribution in [1.29, 1.82) is 0 Å². The Morgan fingerprint density at radius 3 is 2.39 bits per heavy atom. The smallest absolute Gasteiger partial charge is 0.279 e. The van der Waals surface area contributed by atoms with E-state index in [0.29, 0.717) is 12.6 Å². The molecule has 1 fully saturated rings. The van der Waals surface area contributed by atoms with E-state index in [1.54, 1.807) is 12.1 Å². The Morgan fingerprint density at radius 1 is 1.13 bits per heavy atom. The van der Waals surface area contributed by atoms with E-state index in [1.165, 1.54) is 17.0 Å². The molecule has 5 heteroatoms. The van der Waals surface area contributed by atoms with Gasteiger partial charge in [0.2, 0.25) is 0 Å². The van der Waals surface area contributed by atoms with Crippen LogP contribution in [0.5, 0.6) is 0 Å². The molecule has 1 atom stereocenters. The Kier molecular flexibility index (Phi) is 5.08. The summed E-state index contributed by atoms with van der Waals surface area (Å²) in [4.78, 5) is 13.5. The zero-order valence-corrected chi connectivity index (χ0v) is 14.3. The van der Waals surface area contributed by atoms with Crippen LogP contribution in [-0.4, -0.2) is 18.5 Å². The molecule has 3 rings (SSSR count). The third-order valence-corrected chi connectivity index (χ3v) is 4.54. The summed E-state index contributed by atoms with van der Waals surface area (Å²) in [6, 6.07) is 14.6. The highest BCUT2D eigenvalue weighted by atomic mass is 79.9. The highest BCUT2D eigenvalue weighted by Crippen LogP contribution is 2.16. The van der Waals surface area contributed by atoms with Gasteiger partial charge in [-0.1, -0.05) is 28.1 Å². The van der Waals surface area contributed by atoms with E-state index in [2.05, 4.69) is 21.2 Å². The average Bonchev–Trinajstić information content (AvgIpc) is 3.36. The van der Waals surface area contributed by atoms with Gasteiger partial charge in [-0.15, -0.1) is 0 Å². The summed E-state index contributed by atoms with van der Waals surface area (Å²) in [5, 5.41) is 2.94. The highest BCUT2D eigenvalue weighted by Gasteiger charge is 2.34. The van der Waals surface area contributed by atoms with E-state index in [1.807, 2.05) is 24.3 Å². The summed E-state index contributed by atoms with van der Waals surface area (Å²) in [6.07, 6.45) is 2.31. The molecule has 23 heavy (non-hydrogen) atoms. The normalized spacial score (nSPS) is 15.2. The summed E-state index contributed by atoms with van der Waals surface area (Å²) in [7, 11) is 0. The summed E-state index contributed by atoms with van der Waals surface area (Å²) in [6.45, 7) is 1.18. The summed E-state index contributed by atoms with van der Waals surface area (Å²) in [5.41, 5.74) is 1.86. The van der Waals surface area contributed by atoms with Crippen LogP contribution in [0.2, 0.25) is 0 Å². The maximum atomic E-state index is 13.0. The minimum absolute atomic E-state index is 0.0105. The van der Waals surface area contributed by atoms with Gasteiger partial charge in [0.25, 0.3) is 5.91 Å². The third kappa shape index (κ3) is 4.88. The summed E-state index contributed by atoms with van der Waals surface area (Å²) in [5.74, 6) is -0.217. The van der Waals surface area contributed by atoms with Gasteiger partial charge in [0, 0.05) is 28.6 Å². The molecule has 2 aromatic rings. The maximum absolute atomic E-state index is 13.0. The molecule has 0 aliphatic heterocycles. The molecule has 1 amide bonds. The Hall–Kier alpha value is -1.72. The van der Waals surface area contributed by atoms with Crippen LogP contribution in [0.25, 0.3) is 0 Å². The zero-order valence-electron chi connectivity index (χ0n) is 12.7. The predicted octanol–water partition coefficient (Wildman–Crippen LogP) is 2.77. The second-order valence-electron chi connectivity index (χ2n) is 5.97. The van der Waals surface area contributed by atoms with Crippen LogP contribution in [0.4, 0.5) is 10.1 Å². The first-order valence-electron chi connectivity index (χ1n) is 7.74. The molecule has 2 aromatic carbocycles. The molecule has 1 unspecified atom stereocenters. The number of quaternary nitrogens is 1. The molecular weight excluding hydrogens is 359 g/mol. The average molecular weight is 378 g/mol. The van der Waals surface area contributed by atoms with Gasteiger partial charge in [-0.05, 0) is 36.4 Å². The van der Waals surface area contributed by atoms with Crippen molar-refractivity contribution in [2.45, 2.75) is 25.4 Å². The molecule has 2 N–H and O–H groups in total. The fraction of sp³-hybridized carbons (Fsp3) is 0.278. The van der Waals surface area contributed by atoms with Crippen molar-refractivity contribution in [3.63, 3.8) is 0 Å². The molecule has 1 saturated carbocycles. The van der Waals surface area contributed by atoms with Crippen molar-refractivity contribution >= 4 is 27.5 Å². The molecule has 120 valence electrons. The second-order valence-corrected chi connectivity index (χ2v) is 6.88. The van der Waals surface area contributed by atoms with Gasteiger partial charge < -0.3 is 10.2 Å². The number of carbonyl (C=O) groups excluding carboxylic acids is 1. The van der Waals surface area contributed by atoms with Crippen molar-refractivity contribution in [2.24, 2.45) is 0 Å². The molecule has 0 saturated heterocycles. The number of rotatable bonds is 6. The lowest BCUT2D eigenvalue weighted by atomic mass is 10.2. The predicted molar refractivity (Wildman–Crippen MR) is 91.7 cm³/mol. The van der Waals surface area contributed by atoms with E-state index in [9.17, 15) is 9.18 Å². The second kappa shape index (κ2) is 7.23. The Balaban J connectivity index is 1.59. The molecular formula is C18H19BrFN2O+. The molecule has 1 aliphatic carbocycles. The van der Waals surface area contributed by atoms with E-state index < -0.39 is 0 Å². The van der Waals surface area contributed by atoms with Crippen molar-refractivity contribution in [1.82, 2.24) is 0 Å². The topological polar surface area (TPSA) is 33.5 Å². The quantitative estimate of drug-likeness (QED) is 0.797. The van der Waals surface area contributed by atoms with Gasteiger partial charge in [-0.25, -0.2) is 4.39 Å². The zero-order chi connectivity index (χ0) is 16.2. The molecule has 0 spiro atoms. The Labute approximate surface area is 143 Å². The van der Waals surface area contributed by atoms with E-state index >= 15 is 0 Å². The first-order chi connectivity index (χ1) is 11.1. The number of anilines is 1. The van der Waals surface area contributed by atoms with Crippen molar-refractivity contribution < 1.29 is 14.1 Å². The van der Waals surface area contributed by atoms with Crippen LogP contribution in [0.3, 0.4) is 0 Å². The first kappa shape index (κ1) is 16.1. The summed E-state index contributed by atoms with van der Waals surface area (Å²) >= 11 is 3.38. The minimum atomic E-state index is -0.227. The van der Waals surface area contributed by atoms with E-state index in [0.717, 1.165) is 35.1 Å². The molecule has 0 heterocycles. The SMILES string of the molecule is O=C(C[NH+](Cc1ccc(F)cc1)C1CC1)Nc1ccc(Br)cc1. The fourth-order valence-corrected chi connectivity index (χ4v) is 2.92. The van der Waals surface area contributed by atoms with Crippen LogP contribution >= 0.6 is 15.9 Å². The Bertz CT molecular complexity index is 668. The number of amides is 1. The number of nitrogens with one attached hydrogen (secondary N) is 2. The van der Waals surface area contributed by atoms with Crippen molar-refractivity contribution in [3.05, 3.63) is 64.4 Å². The molecule has 1 aliphatic rings. The van der Waals surface area contributed by atoms with Crippen molar-refractivity contribution in [2.75, 3.05) is 11.9 Å². The van der Waals surface area contributed by atoms with Gasteiger partial charge in [-0.2, -0.15) is 0 Å². The van der Waals surface area contributed by atoms with Gasteiger partial charge in [0.15, 0.2) is 6.54 Å². The van der Waals surface area contributed by atoms with Gasteiger partial charge >= 0.3 is 0 Å². The summed E-state index contributed by atoms with van der Waals surface area (Å²) < 4.78 is 14.0. The number of benzene rings is 2. The largest absolute Gasteiger partial charge is 0.321 e.